The highest BCUT2D eigenvalue weighted by Crippen LogP contribution is 2.19. The molecule has 9 heteroatoms. The molecule has 1 aliphatic heterocycles. The minimum absolute atomic E-state index is 0.153. The lowest BCUT2D eigenvalue weighted by Gasteiger charge is -2.21. The van der Waals surface area contributed by atoms with E-state index in [4.69, 9.17) is 21.1 Å². The zero-order valence-corrected chi connectivity index (χ0v) is 15.4. The molecular weight excluding hydrogens is 360 g/mol. The first kappa shape index (κ1) is 19.6. The fraction of sp³-hybridized carbons (Fsp3) is 0.353. The van der Waals surface area contributed by atoms with Gasteiger partial charge in [0.15, 0.2) is 5.57 Å². The number of halogens is 1. The van der Waals surface area contributed by atoms with Crippen molar-refractivity contribution in [2.75, 3.05) is 31.2 Å². The van der Waals surface area contributed by atoms with E-state index in [2.05, 4.69) is 15.8 Å². The van der Waals surface area contributed by atoms with Crippen LogP contribution in [-0.2, 0) is 19.1 Å². The number of benzene rings is 1. The third kappa shape index (κ3) is 5.13. The largest absolute Gasteiger partial charge is 0.462 e. The van der Waals surface area contributed by atoms with E-state index in [0.29, 0.717) is 24.1 Å². The van der Waals surface area contributed by atoms with Gasteiger partial charge in [-0.15, -0.1) is 0 Å². The van der Waals surface area contributed by atoms with Gasteiger partial charge in [0.05, 0.1) is 19.8 Å². The Morgan fingerprint density at radius 1 is 1.19 bits per heavy atom. The molecule has 1 aromatic rings. The predicted octanol–water partition coefficient (Wildman–Crippen LogP) is 1.62. The first-order valence-corrected chi connectivity index (χ1v) is 8.58. The first-order valence-electron chi connectivity index (χ1n) is 8.20. The van der Waals surface area contributed by atoms with Crippen LogP contribution in [0.3, 0.4) is 0 Å². The van der Waals surface area contributed by atoms with Gasteiger partial charge >= 0.3 is 11.9 Å². The Labute approximate surface area is 156 Å². The van der Waals surface area contributed by atoms with E-state index in [1.807, 2.05) is 17.0 Å². The van der Waals surface area contributed by atoms with Crippen molar-refractivity contribution in [3.63, 3.8) is 0 Å². The van der Waals surface area contributed by atoms with Gasteiger partial charge in [-0.25, -0.2) is 14.6 Å². The molecular formula is C17H21ClN4O4. The minimum atomic E-state index is -0.761. The van der Waals surface area contributed by atoms with Crippen molar-refractivity contribution in [1.82, 2.24) is 10.9 Å². The van der Waals surface area contributed by atoms with Crippen LogP contribution in [0.2, 0.25) is 5.02 Å². The maximum absolute atomic E-state index is 11.9. The standard InChI is InChI=1S/C17H21ClN4O4/c1-3-25-15(23)14(16(24)26-4-2)11-20-21-17-19-9-10-22(17)13-7-5-12(18)6-8-13/h5-8,11,20H,3-4,9-10H2,1-2H3,(H,19,21). The van der Waals surface area contributed by atoms with Crippen LogP contribution in [0.5, 0.6) is 0 Å². The second kappa shape index (κ2) is 9.67. The summed E-state index contributed by atoms with van der Waals surface area (Å²) in [5.74, 6) is -0.970. The summed E-state index contributed by atoms with van der Waals surface area (Å²) in [4.78, 5) is 30.1. The molecule has 0 atom stereocenters. The quantitative estimate of drug-likeness (QED) is 0.244. The lowest BCUT2D eigenvalue weighted by atomic mass is 10.3. The number of aliphatic imine (C=N–C) groups is 1. The number of rotatable bonds is 7. The van der Waals surface area contributed by atoms with Crippen molar-refractivity contribution in [1.29, 1.82) is 0 Å². The lowest BCUT2D eigenvalue weighted by molar-refractivity contribution is -0.146. The van der Waals surface area contributed by atoms with Crippen molar-refractivity contribution >= 4 is 35.2 Å². The van der Waals surface area contributed by atoms with E-state index in [1.165, 1.54) is 6.20 Å². The van der Waals surface area contributed by atoms with Gasteiger partial charge in [0.1, 0.15) is 0 Å². The number of nitrogens with one attached hydrogen (secondary N) is 2. The molecule has 0 bridgehead atoms. The molecule has 0 unspecified atom stereocenters. The predicted molar refractivity (Wildman–Crippen MR) is 98.7 cm³/mol. The molecule has 0 fully saturated rings. The minimum Gasteiger partial charge on any atom is -0.462 e. The van der Waals surface area contributed by atoms with Crippen molar-refractivity contribution < 1.29 is 19.1 Å². The fourth-order valence-electron chi connectivity index (χ4n) is 2.22. The third-order valence-corrected chi connectivity index (χ3v) is 3.62. The summed E-state index contributed by atoms with van der Waals surface area (Å²) in [6.07, 6.45) is 1.21. The maximum Gasteiger partial charge on any atom is 0.347 e. The van der Waals surface area contributed by atoms with E-state index in [1.54, 1.807) is 26.0 Å². The van der Waals surface area contributed by atoms with Crippen LogP contribution in [0.25, 0.3) is 0 Å². The SMILES string of the molecule is CCOC(=O)C(=CNNC1=NCCN1c1ccc(Cl)cc1)C(=O)OCC. The molecule has 0 saturated carbocycles. The van der Waals surface area contributed by atoms with Crippen molar-refractivity contribution in [2.24, 2.45) is 4.99 Å². The molecule has 0 aliphatic carbocycles. The molecule has 2 rings (SSSR count). The highest BCUT2D eigenvalue weighted by molar-refractivity contribution is 6.30. The van der Waals surface area contributed by atoms with E-state index in [0.717, 1.165) is 5.69 Å². The van der Waals surface area contributed by atoms with Crippen LogP contribution in [-0.4, -0.2) is 44.2 Å². The molecule has 8 nitrogen and oxygen atoms in total. The van der Waals surface area contributed by atoms with Crippen LogP contribution < -0.4 is 15.8 Å². The molecule has 0 amide bonds. The Bertz CT molecular complexity index is 683. The average molecular weight is 381 g/mol. The topological polar surface area (TPSA) is 92.3 Å². The monoisotopic (exact) mass is 380 g/mol. The molecule has 1 aliphatic rings. The Balaban J connectivity index is 2.04. The molecule has 0 saturated heterocycles. The van der Waals surface area contributed by atoms with Gasteiger partial charge < -0.3 is 19.8 Å². The lowest BCUT2D eigenvalue weighted by Crippen LogP contribution is -2.44. The van der Waals surface area contributed by atoms with Gasteiger partial charge in [0.2, 0.25) is 5.96 Å². The summed E-state index contributed by atoms with van der Waals surface area (Å²) in [6, 6.07) is 7.34. The number of nitrogens with zero attached hydrogens (tertiary/aromatic N) is 2. The number of guanidine groups is 1. The molecule has 1 heterocycles. The number of esters is 2. The Morgan fingerprint density at radius 2 is 1.81 bits per heavy atom. The van der Waals surface area contributed by atoms with Gasteiger partial charge in [-0.1, -0.05) is 11.6 Å². The Kier molecular flexibility index (Phi) is 7.28. The van der Waals surface area contributed by atoms with Gasteiger partial charge in [0.25, 0.3) is 0 Å². The fourth-order valence-corrected chi connectivity index (χ4v) is 2.34. The number of carbonyl (C=O) groups excluding carboxylic acids is 2. The summed E-state index contributed by atoms with van der Waals surface area (Å²) < 4.78 is 9.73. The van der Waals surface area contributed by atoms with Gasteiger partial charge in [0, 0.05) is 23.5 Å². The van der Waals surface area contributed by atoms with Crippen molar-refractivity contribution in [3.8, 4) is 0 Å². The van der Waals surface area contributed by atoms with Crippen LogP contribution in [0.4, 0.5) is 5.69 Å². The Morgan fingerprint density at radius 3 is 2.38 bits per heavy atom. The van der Waals surface area contributed by atoms with Crippen molar-refractivity contribution in [2.45, 2.75) is 13.8 Å². The number of hydrazine groups is 1. The van der Waals surface area contributed by atoms with Crippen molar-refractivity contribution in [3.05, 3.63) is 41.1 Å². The highest BCUT2D eigenvalue weighted by atomic mass is 35.5. The molecule has 0 radical (unpaired) electrons. The number of hydrogen-bond donors (Lipinski definition) is 2. The summed E-state index contributed by atoms with van der Waals surface area (Å²) in [7, 11) is 0. The van der Waals surface area contributed by atoms with Gasteiger partial charge in [-0.3, -0.25) is 5.43 Å². The average Bonchev–Trinajstić information content (AvgIpc) is 3.08. The van der Waals surface area contributed by atoms with Crippen LogP contribution in [0.15, 0.2) is 41.0 Å². The van der Waals surface area contributed by atoms with Crippen LogP contribution in [0, 0.1) is 0 Å². The molecule has 0 spiro atoms. The second-order valence-corrected chi connectivity index (χ2v) is 5.54. The normalized spacial score (nSPS) is 12.9. The van der Waals surface area contributed by atoms with E-state index in [9.17, 15) is 9.59 Å². The van der Waals surface area contributed by atoms with E-state index < -0.39 is 11.9 Å². The summed E-state index contributed by atoms with van der Waals surface area (Å²) in [6.45, 7) is 4.92. The number of carbonyl (C=O) groups is 2. The molecule has 26 heavy (non-hydrogen) atoms. The van der Waals surface area contributed by atoms with E-state index in [-0.39, 0.29) is 18.8 Å². The summed E-state index contributed by atoms with van der Waals surface area (Å²) >= 11 is 5.91. The highest BCUT2D eigenvalue weighted by Gasteiger charge is 2.22. The Hall–Kier alpha value is -2.74. The van der Waals surface area contributed by atoms with E-state index >= 15 is 0 Å². The van der Waals surface area contributed by atoms with Crippen LogP contribution in [0.1, 0.15) is 13.8 Å². The maximum atomic E-state index is 11.9. The molecule has 0 aromatic heterocycles. The van der Waals surface area contributed by atoms with Gasteiger partial charge in [-0.05, 0) is 38.1 Å². The molecule has 140 valence electrons. The summed E-state index contributed by atoms with van der Waals surface area (Å²) in [5, 5.41) is 0.647. The second-order valence-electron chi connectivity index (χ2n) is 5.10. The number of ether oxygens (including phenoxy) is 2. The zero-order chi connectivity index (χ0) is 18.9. The number of hydrogen-bond acceptors (Lipinski definition) is 8. The smallest absolute Gasteiger partial charge is 0.347 e. The van der Waals surface area contributed by atoms with Gasteiger partial charge in [-0.2, -0.15) is 0 Å². The van der Waals surface area contributed by atoms with Crippen LogP contribution >= 0.6 is 11.6 Å². The first-order chi connectivity index (χ1) is 12.6. The third-order valence-electron chi connectivity index (χ3n) is 3.37. The number of anilines is 1. The molecule has 2 N–H and O–H groups in total. The molecule has 1 aromatic carbocycles. The zero-order valence-electron chi connectivity index (χ0n) is 14.6. The summed E-state index contributed by atoms with van der Waals surface area (Å²) in [5.41, 5.74) is 6.25.